The lowest BCUT2D eigenvalue weighted by Gasteiger charge is -2.33. The van der Waals surface area contributed by atoms with Crippen molar-refractivity contribution in [2.45, 2.75) is 24.2 Å². The summed E-state index contributed by atoms with van der Waals surface area (Å²) in [6.45, 7) is 3.48. The Morgan fingerprint density at radius 1 is 1.10 bits per heavy atom. The zero-order chi connectivity index (χ0) is 20.6. The summed E-state index contributed by atoms with van der Waals surface area (Å²) in [6, 6.07) is 10.4. The highest BCUT2D eigenvalue weighted by molar-refractivity contribution is 9.10. The summed E-state index contributed by atoms with van der Waals surface area (Å²) < 4.78 is 33.5. The van der Waals surface area contributed by atoms with E-state index in [9.17, 15) is 13.2 Å². The zero-order valence-electron chi connectivity index (χ0n) is 16.1. The summed E-state index contributed by atoms with van der Waals surface area (Å²) in [5.74, 6) is 2.70. The van der Waals surface area contributed by atoms with E-state index in [1.54, 1.807) is 35.2 Å². The van der Waals surface area contributed by atoms with E-state index in [4.69, 9.17) is 4.42 Å². The Kier molecular flexibility index (Phi) is 5.68. The van der Waals surface area contributed by atoms with E-state index in [0.29, 0.717) is 30.7 Å². The first kappa shape index (κ1) is 20.4. The van der Waals surface area contributed by atoms with Gasteiger partial charge in [0.2, 0.25) is 15.9 Å². The molecule has 6 nitrogen and oxygen atoms in total. The molecule has 1 aliphatic carbocycles. The second-order valence-corrected chi connectivity index (χ2v) is 10.4. The maximum Gasteiger partial charge on any atom is 0.246 e. The van der Waals surface area contributed by atoms with Crippen molar-refractivity contribution in [1.82, 2.24) is 9.21 Å². The van der Waals surface area contributed by atoms with Crippen LogP contribution in [0, 0.1) is 5.92 Å². The molecule has 2 fully saturated rings. The zero-order valence-corrected chi connectivity index (χ0v) is 18.5. The van der Waals surface area contributed by atoms with E-state index < -0.39 is 10.0 Å². The fourth-order valence-electron chi connectivity index (χ4n) is 3.54. The van der Waals surface area contributed by atoms with Gasteiger partial charge in [-0.2, -0.15) is 4.31 Å². The number of rotatable bonds is 5. The minimum Gasteiger partial charge on any atom is -0.461 e. The number of sulfonamides is 1. The van der Waals surface area contributed by atoms with Gasteiger partial charge in [0.25, 0.3) is 0 Å². The third-order valence-corrected chi connectivity index (χ3v) is 7.96. The standard InChI is InChI=1S/C21H23BrN2O4S/c1-15-14-19(15)20-8-4-17(28-20)5-9-21(25)23-10-12-24(13-11-23)29(26,27)18-6-2-16(22)3-7-18/h2-9,15,19H,10-14H2,1H3/b9-5+. The number of hydrogen-bond donors (Lipinski definition) is 0. The number of piperazine rings is 1. The van der Waals surface area contributed by atoms with Gasteiger partial charge in [0.1, 0.15) is 11.5 Å². The van der Waals surface area contributed by atoms with Crippen LogP contribution in [0.5, 0.6) is 0 Å². The molecule has 0 bridgehead atoms. The molecule has 2 atom stereocenters. The maximum atomic E-state index is 12.8. The minimum atomic E-state index is -3.55. The molecule has 1 aromatic carbocycles. The number of furan rings is 1. The van der Waals surface area contributed by atoms with Crippen LogP contribution >= 0.6 is 15.9 Å². The molecule has 2 unspecified atom stereocenters. The number of amides is 1. The third kappa shape index (κ3) is 4.49. The SMILES string of the molecule is CC1CC1c1ccc(/C=C/C(=O)N2CCN(S(=O)(=O)c3ccc(Br)cc3)CC2)o1. The molecule has 154 valence electrons. The average Bonchev–Trinajstić information content (AvgIpc) is 3.26. The number of benzene rings is 1. The molecule has 0 radical (unpaired) electrons. The molecule has 0 spiro atoms. The molecule has 1 aliphatic heterocycles. The van der Waals surface area contributed by atoms with Crippen LogP contribution in [0.15, 0.2) is 56.3 Å². The summed E-state index contributed by atoms with van der Waals surface area (Å²) in [6.07, 6.45) is 4.34. The van der Waals surface area contributed by atoms with Crippen LogP contribution in [-0.2, 0) is 14.8 Å². The van der Waals surface area contributed by atoms with Gasteiger partial charge >= 0.3 is 0 Å². The van der Waals surface area contributed by atoms with E-state index in [1.165, 1.54) is 10.4 Å². The Labute approximate surface area is 179 Å². The van der Waals surface area contributed by atoms with Crippen LogP contribution in [0.2, 0.25) is 0 Å². The topological polar surface area (TPSA) is 70.8 Å². The predicted molar refractivity (Wildman–Crippen MR) is 114 cm³/mol. The van der Waals surface area contributed by atoms with Crippen molar-refractivity contribution >= 4 is 37.9 Å². The van der Waals surface area contributed by atoms with Crippen molar-refractivity contribution in [3.8, 4) is 0 Å². The summed E-state index contributed by atoms with van der Waals surface area (Å²) >= 11 is 3.31. The van der Waals surface area contributed by atoms with Crippen molar-refractivity contribution in [2.75, 3.05) is 26.2 Å². The molecule has 1 aromatic heterocycles. The first-order valence-electron chi connectivity index (χ1n) is 9.67. The highest BCUT2D eigenvalue weighted by atomic mass is 79.9. The Balaban J connectivity index is 1.33. The van der Waals surface area contributed by atoms with Gasteiger partial charge in [-0.3, -0.25) is 4.79 Å². The minimum absolute atomic E-state index is 0.136. The average molecular weight is 479 g/mol. The van der Waals surface area contributed by atoms with Crippen molar-refractivity contribution in [3.63, 3.8) is 0 Å². The van der Waals surface area contributed by atoms with Crippen molar-refractivity contribution in [1.29, 1.82) is 0 Å². The second-order valence-electron chi connectivity index (χ2n) is 7.58. The van der Waals surface area contributed by atoms with E-state index in [1.807, 2.05) is 12.1 Å². The second kappa shape index (κ2) is 8.08. The number of halogens is 1. The van der Waals surface area contributed by atoms with Gasteiger partial charge in [-0.1, -0.05) is 22.9 Å². The lowest BCUT2D eigenvalue weighted by atomic mass is 10.3. The smallest absolute Gasteiger partial charge is 0.246 e. The van der Waals surface area contributed by atoms with Crippen molar-refractivity contribution < 1.29 is 17.6 Å². The number of hydrogen-bond acceptors (Lipinski definition) is 4. The monoisotopic (exact) mass is 478 g/mol. The van der Waals surface area contributed by atoms with Crippen LogP contribution < -0.4 is 0 Å². The highest BCUT2D eigenvalue weighted by Gasteiger charge is 2.36. The Hall–Kier alpha value is -1.90. The fraction of sp³-hybridized carbons (Fsp3) is 0.381. The number of carbonyl (C=O) groups is 1. The summed E-state index contributed by atoms with van der Waals surface area (Å²) in [4.78, 5) is 14.4. The van der Waals surface area contributed by atoms with Gasteiger partial charge in [-0.25, -0.2) is 8.42 Å². The number of carbonyl (C=O) groups excluding carboxylic acids is 1. The quantitative estimate of drug-likeness (QED) is 0.614. The molecule has 2 aromatic rings. The lowest BCUT2D eigenvalue weighted by molar-refractivity contribution is -0.127. The van der Waals surface area contributed by atoms with E-state index >= 15 is 0 Å². The van der Waals surface area contributed by atoms with Crippen LogP contribution in [0.25, 0.3) is 6.08 Å². The molecule has 0 N–H and O–H groups in total. The Morgan fingerprint density at radius 3 is 2.38 bits per heavy atom. The first-order valence-corrected chi connectivity index (χ1v) is 11.9. The van der Waals surface area contributed by atoms with Gasteiger partial charge in [0, 0.05) is 42.6 Å². The molecule has 8 heteroatoms. The molecule has 2 heterocycles. The van der Waals surface area contributed by atoms with E-state index in [2.05, 4.69) is 22.9 Å². The molecule has 1 saturated heterocycles. The molecule has 29 heavy (non-hydrogen) atoms. The highest BCUT2D eigenvalue weighted by Crippen LogP contribution is 2.47. The van der Waals surface area contributed by atoms with Crippen molar-refractivity contribution in [2.24, 2.45) is 5.92 Å². The van der Waals surface area contributed by atoms with Gasteiger partial charge < -0.3 is 9.32 Å². The van der Waals surface area contributed by atoms with Gasteiger partial charge in [-0.05, 0) is 54.8 Å². The largest absolute Gasteiger partial charge is 0.461 e. The molecular formula is C21H23BrN2O4S. The van der Waals surface area contributed by atoms with E-state index in [-0.39, 0.29) is 23.9 Å². The molecule has 1 amide bonds. The van der Waals surface area contributed by atoms with E-state index in [0.717, 1.165) is 16.7 Å². The third-order valence-electron chi connectivity index (χ3n) is 5.51. The molecule has 1 saturated carbocycles. The summed E-state index contributed by atoms with van der Waals surface area (Å²) in [5, 5.41) is 0. The van der Waals surface area contributed by atoms with Crippen LogP contribution in [0.4, 0.5) is 0 Å². The van der Waals surface area contributed by atoms with Crippen LogP contribution in [0.3, 0.4) is 0 Å². The van der Waals surface area contributed by atoms with Gasteiger partial charge in [-0.15, -0.1) is 0 Å². The lowest BCUT2D eigenvalue weighted by Crippen LogP contribution is -2.50. The van der Waals surface area contributed by atoms with Crippen molar-refractivity contribution in [3.05, 3.63) is 58.5 Å². The Bertz CT molecular complexity index is 1020. The Morgan fingerprint density at radius 2 is 1.76 bits per heavy atom. The van der Waals surface area contributed by atoms with Crippen LogP contribution in [-0.4, -0.2) is 49.7 Å². The first-order chi connectivity index (χ1) is 13.8. The number of nitrogens with zero attached hydrogens (tertiary/aromatic N) is 2. The fourth-order valence-corrected chi connectivity index (χ4v) is 5.23. The maximum absolute atomic E-state index is 12.8. The molecule has 2 aliphatic rings. The predicted octanol–water partition coefficient (Wildman–Crippen LogP) is 3.71. The van der Waals surface area contributed by atoms with Gasteiger partial charge in [0.15, 0.2) is 0 Å². The molecule has 4 rings (SSSR count). The normalized spacial score (nSPS) is 22.9. The summed E-state index contributed by atoms with van der Waals surface area (Å²) in [7, 11) is -3.55. The summed E-state index contributed by atoms with van der Waals surface area (Å²) in [5.41, 5.74) is 0. The molecular weight excluding hydrogens is 456 g/mol. The van der Waals surface area contributed by atoms with Gasteiger partial charge in [0.05, 0.1) is 4.90 Å². The van der Waals surface area contributed by atoms with Crippen LogP contribution in [0.1, 0.15) is 30.8 Å².